The lowest BCUT2D eigenvalue weighted by Crippen LogP contribution is -2.24. The zero-order valence-electron chi connectivity index (χ0n) is 10.6. The number of hydrogen-bond donors (Lipinski definition) is 1. The summed E-state index contributed by atoms with van der Waals surface area (Å²) in [6, 6.07) is 11.3. The molecule has 0 saturated carbocycles. The number of anilines is 1. The van der Waals surface area contributed by atoms with Crippen molar-refractivity contribution in [3.63, 3.8) is 0 Å². The molecule has 1 atom stereocenters. The van der Waals surface area contributed by atoms with Crippen molar-refractivity contribution in [2.45, 2.75) is 6.42 Å². The summed E-state index contributed by atoms with van der Waals surface area (Å²) < 4.78 is 13.4. The molecule has 4 nitrogen and oxygen atoms in total. The lowest BCUT2D eigenvalue weighted by atomic mass is 10.0. The molecular formula is C15H12FN3O. The van der Waals surface area contributed by atoms with Crippen LogP contribution in [0.5, 0.6) is 0 Å². The standard InChI is InChI=1S/C15H12FN3O/c16-13-3-1-2-4-14(13)19-15(20)12(10-17)9-11-5-7-18-8-6-11/h1-8,12H,9H2,(H,19,20)/t12-/m0/s1. The number of nitrogens with one attached hydrogen (secondary N) is 1. The summed E-state index contributed by atoms with van der Waals surface area (Å²) in [6.45, 7) is 0. The lowest BCUT2D eigenvalue weighted by molar-refractivity contribution is -0.118. The molecule has 0 unspecified atom stereocenters. The zero-order chi connectivity index (χ0) is 14.4. The Balaban J connectivity index is 2.07. The quantitative estimate of drug-likeness (QED) is 0.927. The summed E-state index contributed by atoms with van der Waals surface area (Å²) in [7, 11) is 0. The Kier molecular flexibility index (Phi) is 4.40. The molecule has 0 saturated heterocycles. The Morgan fingerprint density at radius 1 is 1.30 bits per heavy atom. The maximum atomic E-state index is 13.4. The number of aromatic nitrogens is 1. The van der Waals surface area contributed by atoms with Gasteiger partial charge in [0.15, 0.2) is 0 Å². The van der Waals surface area contributed by atoms with Crippen LogP contribution >= 0.6 is 0 Å². The molecule has 0 radical (unpaired) electrons. The van der Waals surface area contributed by atoms with Crippen molar-refractivity contribution < 1.29 is 9.18 Å². The average Bonchev–Trinajstić information content (AvgIpc) is 2.48. The summed E-state index contributed by atoms with van der Waals surface area (Å²) in [5, 5.41) is 11.5. The predicted molar refractivity (Wildman–Crippen MR) is 72.1 cm³/mol. The van der Waals surface area contributed by atoms with Gasteiger partial charge in [-0.1, -0.05) is 12.1 Å². The van der Waals surface area contributed by atoms with E-state index in [0.717, 1.165) is 5.56 Å². The molecule has 0 bridgehead atoms. The second kappa shape index (κ2) is 6.43. The van der Waals surface area contributed by atoms with Crippen molar-refractivity contribution in [2.75, 3.05) is 5.32 Å². The minimum atomic E-state index is -0.878. The molecule has 1 amide bonds. The van der Waals surface area contributed by atoms with Gasteiger partial charge in [0.25, 0.3) is 0 Å². The summed E-state index contributed by atoms with van der Waals surface area (Å²) in [6.07, 6.45) is 3.45. The van der Waals surface area contributed by atoms with Gasteiger partial charge in [0.05, 0.1) is 11.8 Å². The molecule has 1 aromatic heterocycles. The van der Waals surface area contributed by atoms with Crippen molar-refractivity contribution in [1.29, 1.82) is 5.26 Å². The van der Waals surface area contributed by atoms with E-state index >= 15 is 0 Å². The number of rotatable bonds is 4. The van der Waals surface area contributed by atoms with Gasteiger partial charge in [0.2, 0.25) is 5.91 Å². The Hall–Kier alpha value is -2.74. The smallest absolute Gasteiger partial charge is 0.242 e. The fraction of sp³-hybridized carbons (Fsp3) is 0.133. The third kappa shape index (κ3) is 3.39. The molecule has 1 aromatic carbocycles. The van der Waals surface area contributed by atoms with Gasteiger partial charge < -0.3 is 5.32 Å². The first-order chi connectivity index (χ1) is 9.70. The number of halogens is 1. The monoisotopic (exact) mass is 269 g/mol. The molecular weight excluding hydrogens is 257 g/mol. The highest BCUT2D eigenvalue weighted by molar-refractivity contribution is 5.94. The van der Waals surface area contributed by atoms with E-state index in [1.807, 2.05) is 6.07 Å². The van der Waals surface area contributed by atoms with E-state index in [-0.39, 0.29) is 12.1 Å². The predicted octanol–water partition coefficient (Wildman–Crippen LogP) is 2.54. The van der Waals surface area contributed by atoms with Gasteiger partial charge in [0, 0.05) is 12.4 Å². The van der Waals surface area contributed by atoms with E-state index in [1.54, 1.807) is 30.6 Å². The first-order valence-corrected chi connectivity index (χ1v) is 6.04. The molecule has 1 N–H and O–H groups in total. The molecule has 100 valence electrons. The van der Waals surface area contributed by atoms with E-state index in [1.165, 1.54) is 18.2 Å². The van der Waals surface area contributed by atoms with Gasteiger partial charge in [0.1, 0.15) is 11.7 Å². The van der Waals surface area contributed by atoms with Crippen LogP contribution in [0.25, 0.3) is 0 Å². The largest absolute Gasteiger partial charge is 0.322 e. The number of para-hydroxylation sites is 1. The highest BCUT2D eigenvalue weighted by Gasteiger charge is 2.19. The Labute approximate surface area is 115 Å². The van der Waals surface area contributed by atoms with E-state index < -0.39 is 17.6 Å². The van der Waals surface area contributed by atoms with Crippen molar-refractivity contribution in [1.82, 2.24) is 4.98 Å². The van der Waals surface area contributed by atoms with Crippen LogP contribution in [0.4, 0.5) is 10.1 Å². The molecule has 2 aromatic rings. The number of hydrogen-bond acceptors (Lipinski definition) is 3. The molecule has 1 heterocycles. The van der Waals surface area contributed by atoms with E-state index in [2.05, 4.69) is 10.3 Å². The van der Waals surface area contributed by atoms with Crippen LogP contribution < -0.4 is 5.32 Å². The van der Waals surface area contributed by atoms with Crippen molar-refractivity contribution >= 4 is 11.6 Å². The average molecular weight is 269 g/mol. The third-order valence-electron chi connectivity index (χ3n) is 2.79. The fourth-order valence-corrected chi connectivity index (χ4v) is 1.73. The van der Waals surface area contributed by atoms with Crippen LogP contribution in [0.2, 0.25) is 0 Å². The van der Waals surface area contributed by atoms with Gasteiger partial charge in [-0.15, -0.1) is 0 Å². The van der Waals surface area contributed by atoms with E-state index in [0.29, 0.717) is 0 Å². The minimum absolute atomic E-state index is 0.0764. The Morgan fingerprint density at radius 3 is 2.65 bits per heavy atom. The Morgan fingerprint density at radius 2 is 2.00 bits per heavy atom. The second-order valence-corrected chi connectivity index (χ2v) is 4.21. The normalized spacial score (nSPS) is 11.4. The number of benzene rings is 1. The fourth-order valence-electron chi connectivity index (χ4n) is 1.73. The number of pyridine rings is 1. The summed E-state index contributed by atoms with van der Waals surface area (Å²) >= 11 is 0. The van der Waals surface area contributed by atoms with E-state index in [9.17, 15) is 9.18 Å². The number of carbonyl (C=O) groups excluding carboxylic acids is 1. The minimum Gasteiger partial charge on any atom is -0.322 e. The molecule has 0 fully saturated rings. The highest BCUT2D eigenvalue weighted by atomic mass is 19.1. The molecule has 0 aliphatic rings. The number of carbonyl (C=O) groups is 1. The van der Waals surface area contributed by atoms with Gasteiger partial charge in [-0.2, -0.15) is 5.26 Å². The highest BCUT2D eigenvalue weighted by Crippen LogP contribution is 2.15. The van der Waals surface area contributed by atoms with Crippen LogP contribution in [-0.4, -0.2) is 10.9 Å². The summed E-state index contributed by atoms with van der Waals surface area (Å²) in [5.74, 6) is -1.92. The molecule has 5 heteroatoms. The third-order valence-corrected chi connectivity index (χ3v) is 2.79. The van der Waals surface area contributed by atoms with Crippen LogP contribution in [0, 0.1) is 23.1 Å². The summed E-state index contributed by atoms with van der Waals surface area (Å²) in [4.78, 5) is 15.9. The number of nitrogens with zero attached hydrogens (tertiary/aromatic N) is 2. The molecule has 0 spiro atoms. The summed E-state index contributed by atoms with van der Waals surface area (Å²) in [5.41, 5.74) is 0.905. The van der Waals surface area contributed by atoms with Gasteiger partial charge in [-0.25, -0.2) is 4.39 Å². The zero-order valence-corrected chi connectivity index (χ0v) is 10.6. The number of amides is 1. The maximum absolute atomic E-state index is 13.4. The molecule has 2 rings (SSSR count). The second-order valence-electron chi connectivity index (χ2n) is 4.21. The van der Waals surface area contributed by atoms with Crippen LogP contribution in [0.15, 0.2) is 48.8 Å². The van der Waals surface area contributed by atoms with Crippen molar-refractivity contribution in [3.05, 3.63) is 60.2 Å². The van der Waals surface area contributed by atoms with Gasteiger partial charge in [-0.3, -0.25) is 9.78 Å². The van der Waals surface area contributed by atoms with Gasteiger partial charge in [-0.05, 0) is 36.2 Å². The van der Waals surface area contributed by atoms with Crippen LogP contribution in [0.3, 0.4) is 0 Å². The maximum Gasteiger partial charge on any atom is 0.242 e. The first-order valence-electron chi connectivity index (χ1n) is 6.04. The van der Waals surface area contributed by atoms with Gasteiger partial charge >= 0.3 is 0 Å². The van der Waals surface area contributed by atoms with Crippen molar-refractivity contribution in [3.8, 4) is 6.07 Å². The first kappa shape index (κ1) is 13.7. The van der Waals surface area contributed by atoms with Crippen LogP contribution in [-0.2, 0) is 11.2 Å². The molecule has 20 heavy (non-hydrogen) atoms. The van der Waals surface area contributed by atoms with Crippen molar-refractivity contribution in [2.24, 2.45) is 5.92 Å². The lowest BCUT2D eigenvalue weighted by Gasteiger charge is -2.10. The Bertz CT molecular complexity index is 637. The van der Waals surface area contributed by atoms with Crippen LogP contribution in [0.1, 0.15) is 5.56 Å². The van der Waals surface area contributed by atoms with E-state index in [4.69, 9.17) is 5.26 Å². The number of nitriles is 1. The SMILES string of the molecule is N#C[C@H](Cc1ccncc1)C(=O)Nc1ccccc1F. The molecule has 0 aliphatic carbocycles. The molecule has 0 aliphatic heterocycles. The topological polar surface area (TPSA) is 65.8 Å².